The second-order valence-electron chi connectivity index (χ2n) is 6.66. The maximum absolute atomic E-state index is 13.0. The zero-order valence-electron chi connectivity index (χ0n) is 15.0. The molecule has 0 aliphatic carbocycles. The van der Waals surface area contributed by atoms with Gasteiger partial charge in [-0.05, 0) is 30.5 Å². The van der Waals surface area contributed by atoms with Crippen LogP contribution in [-0.2, 0) is 17.9 Å². The predicted octanol–water partition coefficient (Wildman–Crippen LogP) is 2.77. The fourth-order valence-corrected chi connectivity index (χ4v) is 3.97. The van der Waals surface area contributed by atoms with Gasteiger partial charge in [0.05, 0.1) is 31.7 Å². The van der Waals surface area contributed by atoms with Gasteiger partial charge < -0.3 is 14.8 Å². The monoisotopic (exact) mass is 380 g/mol. The Kier molecular flexibility index (Phi) is 4.77. The Morgan fingerprint density at radius 2 is 2.19 bits per heavy atom. The highest BCUT2D eigenvalue weighted by atomic mass is 32.1. The largest absolute Gasteiger partial charge is 0.349 e. The summed E-state index contributed by atoms with van der Waals surface area (Å²) in [7, 11) is 0. The summed E-state index contributed by atoms with van der Waals surface area (Å²) in [6.07, 6.45) is 3.38. The van der Waals surface area contributed by atoms with Crippen molar-refractivity contribution in [2.45, 2.75) is 26.1 Å². The van der Waals surface area contributed by atoms with Crippen molar-refractivity contribution in [3.05, 3.63) is 76.0 Å². The molecule has 0 saturated heterocycles. The topological polar surface area (TPSA) is 67.2 Å². The Morgan fingerprint density at radius 1 is 1.30 bits per heavy atom. The van der Waals surface area contributed by atoms with Crippen molar-refractivity contribution in [1.29, 1.82) is 0 Å². The fourth-order valence-electron chi connectivity index (χ4n) is 3.32. The van der Waals surface area contributed by atoms with E-state index in [1.807, 2.05) is 53.3 Å². The summed E-state index contributed by atoms with van der Waals surface area (Å²) in [6.45, 7) is 3.22. The van der Waals surface area contributed by atoms with Gasteiger partial charge >= 0.3 is 0 Å². The van der Waals surface area contributed by atoms with Gasteiger partial charge in [0.1, 0.15) is 6.04 Å². The molecule has 3 heterocycles. The third-order valence-electron chi connectivity index (χ3n) is 4.70. The molecule has 1 N–H and O–H groups in total. The predicted molar refractivity (Wildman–Crippen MR) is 103 cm³/mol. The average molecular weight is 380 g/mol. The van der Waals surface area contributed by atoms with Crippen LogP contribution in [0.15, 0.2) is 54.3 Å². The number of thiophene rings is 1. The minimum atomic E-state index is -0.482. The lowest BCUT2D eigenvalue weighted by molar-refractivity contribution is -0.125. The number of amides is 2. The van der Waals surface area contributed by atoms with Crippen LogP contribution in [0.4, 0.5) is 0 Å². The number of aromatic nitrogens is 2. The SMILES string of the molecule is Cc1cccc(C(=O)N2Cc3cncn3[C@H](C(=O)NCc3cccs3)C2)c1. The molecule has 1 aliphatic rings. The molecule has 0 unspecified atom stereocenters. The lowest BCUT2D eigenvalue weighted by atomic mass is 10.1. The van der Waals surface area contributed by atoms with Crippen LogP contribution >= 0.6 is 11.3 Å². The van der Waals surface area contributed by atoms with Crippen molar-refractivity contribution in [2.75, 3.05) is 6.54 Å². The third kappa shape index (κ3) is 3.64. The smallest absolute Gasteiger partial charge is 0.254 e. The van der Waals surface area contributed by atoms with Gasteiger partial charge in [-0.1, -0.05) is 23.8 Å². The number of nitrogens with one attached hydrogen (secondary N) is 1. The molecule has 0 spiro atoms. The number of benzene rings is 1. The molecular weight excluding hydrogens is 360 g/mol. The van der Waals surface area contributed by atoms with Crippen LogP contribution in [0.2, 0.25) is 0 Å². The van der Waals surface area contributed by atoms with E-state index < -0.39 is 6.04 Å². The van der Waals surface area contributed by atoms with Crippen LogP contribution in [0.5, 0.6) is 0 Å². The van der Waals surface area contributed by atoms with Gasteiger partial charge in [-0.25, -0.2) is 4.98 Å². The number of aryl methyl sites for hydroxylation is 1. The summed E-state index contributed by atoms with van der Waals surface area (Å²) in [5, 5.41) is 4.96. The van der Waals surface area contributed by atoms with Gasteiger partial charge in [0.2, 0.25) is 5.91 Å². The summed E-state index contributed by atoms with van der Waals surface area (Å²) in [4.78, 5) is 32.8. The lowest BCUT2D eigenvalue weighted by Gasteiger charge is -2.33. The van der Waals surface area contributed by atoms with Crippen molar-refractivity contribution < 1.29 is 9.59 Å². The van der Waals surface area contributed by atoms with E-state index in [1.54, 1.807) is 28.8 Å². The van der Waals surface area contributed by atoms with Crippen LogP contribution in [0.3, 0.4) is 0 Å². The molecule has 27 heavy (non-hydrogen) atoms. The van der Waals surface area contributed by atoms with E-state index in [0.717, 1.165) is 16.1 Å². The Morgan fingerprint density at radius 3 is 2.96 bits per heavy atom. The molecule has 0 radical (unpaired) electrons. The molecule has 1 atom stereocenters. The number of carbonyl (C=O) groups excluding carboxylic acids is 2. The second-order valence-corrected chi connectivity index (χ2v) is 7.69. The molecule has 7 heteroatoms. The summed E-state index contributed by atoms with van der Waals surface area (Å²) in [5.41, 5.74) is 2.53. The number of carbonyl (C=O) groups is 2. The van der Waals surface area contributed by atoms with Gasteiger partial charge in [0.15, 0.2) is 0 Å². The van der Waals surface area contributed by atoms with Gasteiger partial charge in [-0.3, -0.25) is 9.59 Å². The Balaban J connectivity index is 1.53. The number of nitrogens with zero attached hydrogens (tertiary/aromatic N) is 3. The lowest BCUT2D eigenvalue weighted by Crippen LogP contribution is -2.46. The molecule has 0 fully saturated rings. The first kappa shape index (κ1) is 17.5. The zero-order valence-corrected chi connectivity index (χ0v) is 15.8. The van der Waals surface area contributed by atoms with Gasteiger partial charge in [0, 0.05) is 16.6 Å². The maximum atomic E-state index is 13.0. The van der Waals surface area contributed by atoms with Gasteiger partial charge in [-0.15, -0.1) is 11.3 Å². The molecule has 3 aromatic rings. The van der Waals surface area contributed by atoms with E-state index >= 15 is 0 Å². The van der Waals surface area contributed by atoms with E-state index in [-0.39, 0.29) is 11.8 Å². The van der Waals surface area contributed by atoms with Crippen LogP contribution < -0.4 is 5.32 Å². The van der Waals surface area contributed by atoms with Crippen molar-refractivity contribution in [1.82, 2.24) is 19.8 Å². The minimum absolute atomic E-state index is 0.0674. The highest BCUT2D eigenvalue weighted by Gasteiger charge is 2.32. The standard InChI is InChI=1S/C20H20N4O2S/c1-14-4-2-5-15(8-14)20(26)23-11-16-9-21-13-24(16)18(12-23)19(25)22-10-17-6-3-7-27-17/h2-9,13,18H,10-12H2,1H3,(H,22,25)/t18-/m0/s1. The molecule has 1 aromatic carbocycles. The summed E-state index contributed by atoms with van der Waals surface area (Å²) >= 11 is 1.60. The molecule has 0 bridgehead atoms. The quantitative estimate of drug-likeness (QED) is 0.757. The number of hydrogen-bond donors (Lipinski definition) is 1. The first-order valence-electron chi connectivity index (χ1n) is 8.78. The Labute approximate surface area is 161 Å². The highest BCUT2D eigenvalue weighted by molar-refractivity contribution is 7.09. The zero-order chi connectivity index (χ0) is 18.8. The number of imidazole rings is 1. The van der Waals surface area contributed by atoms with Crippen molar-refractivity contribution >= 4 is 23.2 Å². The molecule has 0 saturated carbocycles. The van der Waals surface area contributed by atoms with Crippen molar-refractivity contribution in [3.63, 3.8) is 0 Å². The van der Waals surface area contributed by atoms with Crippen LogP contribution in [0, 0.1) is 6.92 Å². The number of hydrogen-bond acceptors (Lipinski definition) is 4. The van der Waals surface area contributed by atoms with Crippen LogP contribution in [0.25, 0.3) is 0 Å². The first-order chi connectivity index (χ1) is 13.1. The number of rotatable bonds is 4. The molecule has 2 aromatic heterocycles. The molecule has 138 valence electrons. The number of fused-ring (bicyclic) bond motifs is 1. The second kappa shape index (κ2) is 7.36. The van der Waals surface area contributed by atoms with Crippen LogP contribution in [0.1, 0.15) is 32.5 Å². The highest BCUT2D eigenvalue weighted by Crippen LogP contribution is 2.23. The van der Waals surface area contributed by atoms with E-state index in [9.17, 15) is 9.59 Å². The van der Waals surface area contributed by atoms with Crippen molar-refractivity contribution in [2.24, 2.45) is 0 Å². The fraction of sp³-hybridized carbons (Fsp3) is 0.250. The molecule has 4 rings (SSSR count). The summed E-state index contributed by atoms with van der Waals surface area (Å²) in [6, 6.07) is 11.0. The van der Waals surface area contributed by atoms with Crippen LogP contribution in [-0.4, -0.2) is 32.8 Å². The molecule has 1 aliphatic heterocycles. The third-order valence-corrected chi connectivity index (χ3v) is 5.58. The Bertz CT molecular complexity index is 964. The van der Waals surface area contributed by atoms with E-state index in [1.165, 1.54) is 0 Å². The van der Waals surface area contributed by atoms with Crippen molar-refractivity contribution in [3.8, 4) is 0 Å². The van der Waals surface area contributed by atoms with E-state index in [2.05, 4.69) is 10.3 Å². The molecular formula is C20H20N4O2S. The van der Waals surface area contributed by atoms with E-state index in [4.69, 9.17) is 0 Å². The minimum Gasteiger partial charge on any atom is -0.349 e. The normalized spacial score (nSPS) is 16.0. The Hall–Kier alpha value is -2.93. The molecule has 2 amide bonds. The van der Waals surface area contributed by atoms with E-state index in [0.29, 0.717) is 25.2 Å². The van der Waals surface area contributed by atoms with Gasteiger partial charge in [0.25, 0.3) is 5.91 Å². The summed E-state index contributed by atoms with van der Waals surface area (Å²) < 4.78 is 1.86. The maximum Gasteiger partial charge on any atom is 0.254 e. The average Bonchev–Trinajstić information content (AvgIpc) is 3.36. The van der Waals surface area contributed by atoms with Gasteiger partial charge in [-0.2, -0.15) is 0 Å². The molecule has 6 nitrogen and oxygen atoms in total. The summed E-state index contributed by atoms with van der Waals surface area (Å²) in [5.74, 6) is -0.174. The first-order valence-corrected chi connectivity index (χ1v) is 9.66.